The highest BCUT2D eigenvalue weighted by Gasteiger charge is 2.37. The molecule has 2 rings (SSSR count). The van der Waals surface area contributed by atoms with Gasteiger partial charge in [-0.2, -0.15) is 0 Å². The molecule has 2 atom stereocenters. The van der Waals surface area contributed by atoms with Crippen LogP contribution in [0.5, 0.6) is 0 Å². The summed E-state index contributed by atoms with van der Waals surface area (Å²) in [5.74, 6) is -0.710. The smallest absolute Gasteiger partial charge is 0.132 e. The Kier molecular flexibility index (Phi) is 4.19. The minimum atomic E-state index is -1.15. The van der Waals surface area contributed by atoms with Gasteiger partial charge < -0.3 is 5.11 Å². The van der Waals surface area contributed by atoms with Crippen molar-refractivity contribution in [1.29, 1.82) is 0 Å². The molecule has 1 fully saturated rings. The minimum Gasteiger partial charge on any atom is -0.385 e. The summed E-state index contributed by atoms with van der Waals surface area (Å²) in [6.07, 6.45) is 3.88. The zero-order chi connectivity index (χ0) is 15.0. The predicted molar refractivity (Wildman–Crippen MR) is 76.3 cm³/mol. The summed E-state index contributed by atoms with van der Waals surface area (Å²) in [5.41, 5.74) is -0.710. The Bertz CT molecular complexity index is 478. The quantitative estimate of drug-likeness (QED) is 0.735. The van der Waals surface area contributed by atoms with Gasteiger partial charge in [0.1, 0.15) is 11.6 Å². The molecule has 0 spiro atoms. The van der Waals surface area contributed by atoms with Crippen LogP contribution in [0.1, 0.15) is 58.4 Å². The van der Waals surface area contributed by atoms with E-state index in [2.05, 4.69) is 20.8 Å². The maximum absolute atomic E-state index is 13.9. The standard InChI is InChI=1S/C17H24F2O/c1-16(2,3)12-5-4-9-17(20,10-8-12)14-7-6-13(18)11-15(14)19/h6-7,11-12,20H,4-5,8-10H2,1-3H3. The van der Waals surface area contributed by atoms with Gasteiger partial charge in [0, 0.05) is 11.6 Å². The Morgan fingerprint density at radius 2 is 1.85 bits per heavy atom. The van der Waals surface area contributed by atoms with Crippen molar-refractivity contribution in [2.24, 2.45) is 11.3 Å². The van der Waals surface area contributed by atoms with E-state index in [9.17, 15) is 13.9 Å². The van der Waals surface area contributed by atoms with E-state index in [1.54, 1.807) is 0 Å². The summed E-state index contributed by atoms with van der Waals surface area (Å²) in [6.45, 7) is 6.63. The lowest BCUT2D eigenvalue weighted by Gasteiger charge is -2.31. The molecule has 0 heterocycles. The molecular weight excluding hydrogens is 258 g/mol. The zero-order valence-corrected chi connectivity index (χ0v) is 12.5. The van der Waals surface area contributed by atoms with Crippen molar-refractivity contribution in [3.8, 4) is 0 Å². The van der Waals surface area contributed by atoms with E-state index in [4.69, 9.17) is 0 Å². The molecule has 0 aromatic heterocycles. The molecule has 0 radical (unpaired) electrons. The number of aliphatic hydroxyl groups is 1. The number of halogens is 2. The van der Waals surface area contributed by atoms with E-state index in [1.807, 2.05) is 0 Å². The van der Waals surface area contributed by atoms with Gasteiger partial charge in [0.05, 0.1) is 5.60 Å². The molecule has 1 saturated carbocycles. The van der Waals surface area contributed by atoms with E-state index >= 15 is 0 Å². The highest BCUT2D eigenvalue weighted by atomic mass is 19.1. The third kappa shape index (κ3) is 3.20. The maximum Gasteiger partial charge on any atom is 0.132 e. The van der Waals surface area contributed by atoms with E-state index in [1.165, 1.54) is 12.1 Å². The molecule has 3 heteroatoms. The number of hydrogen-bond acceptors (Lipinski definition) is 1. The first kappa shape index (κ1) is 15.4. The SMILES string of the molecule is CC(C)(C)C1CCCC(O)(c2ccc(F)cc2F)CC1. The highest BCUT2D eigenvalue weighted by Crippen LogP contribution is 2.43. The summed E-state index contributed by atoms with van der Waals surface area (Å²) >= 11 is 0. The first-order valence-electron chi connectivity index (χ1n) is 7.40. The average Bonchev–Trinajstić information content (AvgIpc) is 2.51. The molecule has 1 aliphatic rings. The third-order valence-electron chi connectivity index (χ3n) is 4.71. The van der Waals surface area contributed by atoms with Crippen molar-refractivity contribution in [1.82, 2.24) is 0 Å². The normalized spacial score (nSPS) is 28.2. The summed E-state index contributed by atoms with van der Waals surface area (Å²) in [4.78, 5) is 0. The van der Waals surface area contributed by atoms with E-state index in [0.29, 0.717) is 18.8 Å². The second-order valence-electron chi connectivity index (χ2n) is 7.15. The number of hydrogen-bond donors (Lipinski definition) is 1. The Morgan fingerprint density at radius 1 is 1.15 bits per heavy atom. The van der Waals surface area contributed by atoms with Gasteiger partial charge in [0.25, 0.3) is 0 Å². The molecule has 0 amide bonds. The topological polar surface area (TPSA) is 20.2 Å². The van der Waals surface area contributed by atoms with E-state index < -0.39 is 17.2 Å². The molecule has 2 unspecified atom stereocenters. The largest absolute Gasteiger partial charge is 0.385 e. The van der Waals surface area contributed by atoms with Crippen molar-refractivity contribution in [3.63, 3.8) is 0 Å². The molecule has 1 aliphatic carbocycles. The molecule has 1 nitrogen and oxygen atoms in total. The molecule has 1 N–H and O–H groups in total. The fourth-order valence-corrected chi connectivity index (χ4v) is 3.33. The van der Waals surface area contributed by atoms with Crippen LogP contribution in [0.2, 0.25) is 0 Å². The van der Waals surface area contributed by atoms with Gasteiger partial charge in [-0.25, -0.2) is 8.78 Å². The Labute approximate surface area is 120 Å². The van der Waals surface area contributed by atoms with Crippen LogP contribution in [0, 0.1) is 23.0 Å². The van der Waals surface area contributed by atoms with Gasteiger partial charge in [-0.1, -0.05) is 26.8 Å². The molecule has 0 aliphatic heterocycles. The van der Waals surface area contributed by atoms with Crippen molar-refractivity contribution in [2.75, 3.05) is 0 Å². The second kappa shape index (κ2) is 5.44. The highest BCUT2D eigenvalue weighted by molar-refractivity contribution is 5.25. The molecule has 1 aromatic rings. The van der Waals surface area contributed by atoms with Gasteiger partial charge in [0.2, 0.25) is 0 Å². The van der Waals surface area contributed by atoms with E-state index in [0.717, 1.165) is 25.3 Å². The third-order valence-corrected chi connectivity index (χ3v) is 4.71. The molecule has 0 saturated heterocycles. The van der Waals surface area contributed by atoms with Crippen LogP contribution in [0.3, 0.4) is 0 Å². The fourth-order valence-electron chi connectivity index (χ4n) is 3.33. The Balaban J connectivity index is 2.23. The van der Waals surface area contributed by atoms with Gasteiger partial charge >= 0.3 is 0 Å². The first-order valence-corrected chi connectivity index (χ1v) is 7.40. The maximum atomic E-state index is 13.9. The van der Waals surface area contributed by atoms with Crippen molar-refractivity contribution >= 4 is 0 Å². The van der Waals surface area contributed by atoms with Crippen LogP contribution < -0.4 is 0 Å². The first-order chi connectivity index (χ1) is 9.22. The van der Waals surface area contributed by atoms with Crippen molar-refractivity contribution < 1.29 is 13.9 Å². The molecule has 20 heavy (non-hydrogen) atoms. The lowest BCUT2D eigenvalue weighted by Crippen LogP contribution is -2.27. The molecule has 1 aromatic carbocycles. The van der Waals surface area contributed by atoms with E-state index in [-0.39, 0.29) is 11.0 Å². The van der Waals surface area contributed by atoms with Crippen molar-refractivity contribution in [3.05, 3.63) is 35.4 Å². The summed E-state index contributed by atoms with van der Waals surface area (Å²) in [5, 5.41) is 10.8. The molecule has 0 bridgehead atoms. The summed E-state index contributed by atoms with van der Waals surface area (Å²) in [7, 11) is 0. The van der Waals surface area contributed by atoms with Crippen LogP contribution in [-0.2, 0) is 5.60 Å². The van der Waals surface area contributed by atoms with Crippen LogP contribution in [0.4, 0.5) is 8.78 Å². The van der Waals surface area contributed by atoms with Gasteiger partial charge in [-0.15, -0.1) is 0 Å². The number of rotatable bonds is 1. The average molecular weight is 282 g/mol. The monoisotopic (exact) mass is 282 g/mol. The van der Waals surface area contributed by atoms with Gasteiger partial charge in [-0.3, -0.25) is 0 Å². The Morgan fingerprint density at radius 3 is 2.45 bits per heavy atom. The van der Waals surface area contributed by atoms with Crippen molar-refractivity contribution in [2.45, 2.75) is 58.5 Å². The summed E-state index contributed by atoms with van der Waals surface area (Å²) < 4.78 is 27.0. The van der Waals surface area contributed by atoms with Gasteiger partial charge in [-0.05, 0) is 49.5 Å². The fraction of sp³-hybridized carbons (Fsp3) is 0.647. The van der Waals surface area contributed by atoms with Crippen LogP contribution >= 0.6 is 0 Å². The number of benzene rings is 1. The molecular formula is C17H24F2O. The Hall–Kier alpha value is -0.960. The van der Waals surface area contributed by atoms with Crippen LogP contribution in [0.25, 0.3) is 0 Å². The predicted octanol–water partition coefficient (Wildman–Crippen LogP) is 4.78. The zero-order valence-electron chi connectivity index (χ0n) is 12.5. The second-order valence-corrected chi connectivity index (χ2v) is 7.15. The lowest BCUT2D eigenvalue weighted by atomic mass is 9.76. The lowest BCUT2D eigenvalue weighted by molar-refractivity contribution is 0.0145. The minimum absolute atomic E-state index is 0.201. The van der Waals surface area contributed by atoms with Crippen LogP contribution in [-0.4, -0.2) is 5.11 Å². The van der Waals surface area contributed by atoms with Gasteiger partial charge in [0.15, 0.2) is 0 Å². The molecule has 112 valence electrons. The van der Waals surface area contributed by atoms with Crippen LogP contribution in [0.15, 0.2) is 18.2 Å². The summed E-state index contributed by atoms with van der Waals surface area (Å²) in [6, 6.07) is 3.48.